The number of nitriles is 1. The average molecular weight is 486 g/mol. The van der Waals surface area contributed by atoms with Crippen LogP contribution in [-0.2, 0) is 4.74 Å². The Kier molecular flexibility index (Phi) is 6.77. The van der Waals surface area contributed by atoms with Crippen LogP contribution in [0, 0.1) is 11.3 Å². The van der Waals surface area contributed by atoms with E-state index in [1.54, 1.807) is 17.0 Å². The van der Waals surface area contributed by atoms with E-state index in [1.807, 2.05) is 35.2 Å². The second-order valence-corrected chi connectivity index (χ2v) is 9.65. The number of carbonyl (C=O) groups is 2. The van der Waals surface area contributed by atoms with Crippen molar-refractivity contribution in [1.82, 2.24) is 19.7 Å². The summed E-state index contributed by atoms with van der Waals surface area (Å²) in [5.41, 5.74) is 4.03. The van der Waals surface area contributed by atoms with Gasteiger partial charge in [0.1, 0.15) is 5.69 Å². The number of nitrogens with one attached hydrogen (secondary N) is 1. The highest BCUT2D eigenvalue weighted by Gasteiger charge is 2.27. The third-order valence-corrected chi connectivity index (χ3v) is 7.19. The summed E-state index contributed by atoms with van der Waals surface area (Å²) < 4.78 is 5.42. The number of aromatic nitrogens is 1. The van der Waals surface area contributed by atoms with E-state index in [2.05, 4.69) is 29.8 Å². The van der Waals surface area contributed by atoms with Crippen molar-refractivity contribution in [2.75, 3.05) is 52.5 Å². The average Bonchev–Trinajstić information content (AvgIpc) is 3.31. The van der Waals surface area contributed by atoms with Crippen molar-refractivity contribution in [3.05, 3.63) is 59.3 Å². The van der Waals surface area contributed by atoms with Gasteiger partial charge in [0.2, 0.25) is 0 Å². The number of ether oxygens (including phenoxy) is 1. The zero-order valence-electron chi connectivity index (χ0n) is 20.8. The Morgan fingerprint density at radius 1 is 0.917 bits per heavy atom. The lowest BCUT2D eigenvalue weighted by Gasteiger charge is -2.37. The van der Waals surface area contributed by atoms with Gasteiger partial charge < -0.3 is 19.5 Å². The van der Waals surface area contributed by atoms with E-state index in [9.17, 15) is 14.9 Å². The van der Waals surface area contributed by atoms with Crippen LogP contribution in [0.2, 0.25) is 0 Å². The van der Waals surface area contributed by atoms with Gasteiger partial charge in [-0.25, -0.2) is 0 Å². The first kappa shape index (κ1) is 24.0. The molecule has 2 amide bonds. The molecule has 186 valence electrons. The van der Waals surface area contributed by atoms with Crippen molar-refractivity contribution >= 4 is 22.7 Å². The Balaban J connectivity index is 1.53. The maximum absolute atomic E-state index is 13.5. The smallest absolute Gasteiger partial charge is 0.271 e. The molecule has 0 radical (unpaired) electrons. The number of hydrogen-bond donors (Lipinski definition) is 1. The third kappa shape index (κ3) is 4.60. The van der Waals surface area contributed by atoms with Crippen LogP contribution in [0.4, 0.5) is 0 Å². The van der Waals surface area contributed by atoms with Crippen LogP contribution in [0.15, 0.2) is 42.5 Å². The molecular weight excluding hydrogens is 454 g/mol. The third-order valence-electron chi connectivity index (χ3n) is 7.19. The first-order chi connectivity index (χ1) is 17.5. The van der Waals surface area contributed by atoms with Crippen molar-refractivity contribution in [1.29, 1.82) is 5.26 Å². The van der Waals surface area contributed by atoms with E-state index in [4.69, 9.17) is 4.74 Å². The summed E-state index contributed by atoms with van der Waals surface area (Å²) in [5.74, 6) is -0.0834. The molecule has 2 aromatic carbocycles. The van der Waals surface area contributed by atoms with Crippen molar-refractivity contribution < 1.29 is 14.3 Å². The Hall–Kier alpha value is -3.67. The quantitative estimate of drug-likeness (QED) is 0.612. The standard InChI is InChI=1S/C28H31N5O3/c1-19(2)31-9-11-32(12-10-31)27(34)22-7-8-24-23(17-22)25(21-5-3-20(18-29)4-6-21)26(30-24)28(35)33-13-15-36-16-14-33/h3-8,17,19,30H,9-16H2,1-2H3. The van der Waals surface area contributed by atoms with Crippen LogP contribution in [-0.4, -0.2) is 90.0 Å². The fourth-order valence-corrected chi connectivity index (χ4v) is 5.05. The molecule has 1 aromatic heterocycles. The van der Waals surface area contributed by atoms with E-state index < -0.39 is 0 Å². The summed E-state index contributed by atoms with van der Waals surface area (Å²) in [6.45, 7) is 9.59. The molecule has 0 saturated carbocycles. The number of piperazine rings is 1. The minimum Gasteiger partial charge on any atom is -0.378 e. The largest absolute Gasteiger partial charge is 0.378 e. The maximum atomic E-state index is 13.5. The lowest BCUT2D eigenvalue weighted by molar-refractivity contribution is 0.0300. The van der Waals surface area contributed by atoms with E-state index >= 15 is 0 Å². The Bertz CT molecular complexity index is 1310. The number of carbonyl (C=O) groups excluding carboxylic acids is 2. The number of nitrogens with zero attached hydrogens (tertiary/aromatic N) is 4. The highest BCUT2D eigenvalue weighted by atomic mass is 16.5. The van der Waals surface area contributed by atoms with Gasteiger partial charge in [0.25, 0.3) is 11.8 Å². The van der Waals surface area contributed by atoms with Gasteiger partial charge in [-0.15, -0.1) is 0 Å². The summed E-state index contributed by atoms with van der Waals surface area (Å²) >= 11 is 0. The molecule has 2 fully saturated rings. The molecule has 3 heterocycles. The molecule has 0 bridgehead atoms. The van der Waals surface area contributed by atoms with Crippen LogP contribution in [0.3, 0.4) is 0 Å². The number of H-pyrrole nitrogens is 1. The lowest BCUT2D eigenvalue weighted by Crippen LogP contribution is -2.50. The second kappa shape index (κ2) is 10.1. The van der Waals surface area contributed by atoms with E-state index in [0.717, 1.165) is 35.1 Å². The highest BCUT2D eigenvalue weighted by molar-refractivity contribution is 6.11. The van der Waals surface area contributed by atoms with Crippen molar-refractivity contribution in [2.45, 2.75) is 19.9 Å². The first-order valence-electron chi connectivity index (χ1n) is 12.5. The van der Waals surface area contributed by atoms with Crippen molar-refractivity contribution in [3.8, 4) is 17.2 Å². The SMILES string of the molecule is CC(C)N1CCN(C(=O)c2ccc3[nH]c(C(=O)N4CCOCC4)c(-c4ccc(C#N)cc4)c3c2)CC1. The fourth-order valence-electron chi connectivity index (χ4n) is 5.05. The van der Waals surface area contributed by atoms with Gasteiger partial charge in [-0.05, 0) is 49.7 Å². The molecular formula is C28H31N5O3. The maximum Gasteiger partial charge on any atom is 0.271 e. The number of amides is 2. The number of rotatable bonds is 4. The number of fused-ring (bicyclic) bond motifs is 1. The van der Waals surface area contributed by atoms with E-state index in [-0.39, 0.29) is 11.8 Å². The van der Waals surface area contributed by atoms with Crippen molar-refractivity contribution in [3.63, 3.8) is 0 Å². The van der Waals surface area contributed by atoms with Gasteiger partial charge >= 0.3 is 0 Å². The summed E-state index contributed by atoms with van der Waals surface area (Å²) in [4.78, 5) is 36.4. The Labute approximate surface area is 211 Å². The molecule has 0 spiro atoms. The minimum absolute atomic E-state index is 0.00772. The number of morpholine rings is 1. The molecule has 1 N–H and O–H groups in total. The number of aromatic amines is 1. The van der Waals surface area contributed by atoms with Crippen LogP contribution < -0.4 is 0 Å². The Morgan fingerprint density at radius 3 is 2.22 bits per heavy atom. The molecule has 8 heteroatoms. The minimum atomic E-state index is -0.0912. The van der Waals surface area contributed by atoms with Gasteiger partial charge in [-0.2, -0.15) is 5.26 Å². The van der Waals surface area contributed by atoms with Crippen LogP contribution in [0.25, 0.3) is 22.0 Å². The lowest BCUT2D eigenvalue weighted by atomic mass is 9.98. The van der Waals surface area contributed by atoms with Gasteiger partial charge in [0.05, 0.1) is 24.8 Å². The molecule has 8 nitrogen and oxygen atoms in total. The van der Waals surface area contributed by atoms with Crippen LogP contribution >= 0.6 is 0 Å². The Morgan fingerprint density at radius 2 is 1.58 bits per heavy atom. The predicted molar refractivity (Wildman–Crippen MR) is 138 cm³/mol. The molecule has 2 saturated heterocycles. The fraction of sp³-hybridized carbons (Fsp3) is 0.393. The number of hydrogen-bond acceptors (Lipinski definition) is 5. The van der Waals surface area contributed by atoms with Crippen LogP contribution in [0.5, 0.6) is 0 Å². The molecule has 3 aromatic rings. The zero-order chi connectivity index (χ0) is 25.2. The second-order valence-electron chi connectivity index (χ2n) is 9.65. The van der Waals surface area contributed by atoms with E-state index in [1.165, 1.54) is 0 Å². The van der Waals surface area contributed by atoms with Gasteiger partial charge in [-0.1, -0.05) is 12.1 Å². The molecule has 36 heavy (non-hydrogen) atoms. The van der Waals surface area contributed by atoms with Gasteiger partial charge in [0, 0.05) is 67.3 Å². The topological polar surface area (TPSA) is 92.7 Å². The van der Waals surface area contributed by atoms with Crippen LogP contribution in [0.1, 0.15) is 40.3 Å². The molecule has 2 aliphatic heterocycles. The van der Waals surface area contributed by atoms with E-state index in [0.29, 0.717) is 62.3 Å². The molecule has 2 aliphatic rings. The summed E-state index contributed by atoms with van der Waals surface area (Å²) in [6.07, 6.45) is 0. The summed E-state index contributed by atoms with van der Waals surface area (Å²) in [5, 5.41) is 10.1. The van der Waals surface area contributed by atoms with Gasteiger partial charge in [0.15, 0.2) is 0 Å². The van der Waals surface area contributed by atoms with Gasteiger partial charge in [-0.3, -0.25) is 14.5 Å². The number of benzene rings is 2. The molecule has 5 rings (SSSR count). The predicted octanol–water partition coefficient (Wildman–Crippen LogP) is 3.35. The highest BCUT2D eigenvalue weighted by Crippen LogP contribution is 2.34. The summed E-state index contributed by atoms with van der Waals surface area (Å²) in [6, 6.07) is 15.4. The molecule has 0 atom stereocenters. The summed E-state index contributed by atoms with van der Waals surface area (Å²) in [7, 11) is 0. The molecule has 0 unspecified atom stereocenters. The first-order valence-corrected chi connectivity index (χ1v) is 12.5. The zero-order valence-corrected chi connectivity index (χ0v) is 20.8. The van der Waals surface area contributed by atoms with Crippen molar-refractivity contribution in [2.24, 2.45) is 0 Å². The molecule has 0 aliphatic carbocycles. The normalized spacial score (nSPS) is 16.9. The monoisotopic (exact) mass is 485 g/mol.